The van der Waals surface area contributed by atoms with Crippen molar-refractivity contribution in [3.8, 4) is 0 Å². The number of anilines is 2. The van der Waals surface area contributed by atoms with Crippen molar-refractivity contribution in [2.45, 2.75) is 38.4 Å². The van der Waals surface area contributed by atoms with Crippen LogP contribution in [0.25, 0.3) is 0 Å². The van der Waals surface area contributed by atoms with Crippen LogP contribution in [0.15, 0.2) is 30.3 Å². The van der Waals surface area contributed by atoms with Crippen molar-refractivity contribution in [1.82, 2.24) is 10.3 Å². The first kappa shape index (κ1) is 25.1. The van der Waals surface area contributed by atoms with Gasteiger partial charge in [-0.2, -0.15) is 13.2 Å². The molecule has 0 aliphatic carbocycles. The zero-order chi connectivity index (χ0) is 24.4. The molecular formula is C21H24ClF3N4O3S. The average molecular weight is 505 g/mol. The molecular weight excluding hydrogens is 481 g/mol. The van der Waals surface area contributed by atoms with Crippen LogP contribution in [0.1, 0.15) is 42.5 Å². The van der Waals surface area contributed by atoms with E-state index in [0.29, 0.717) is 24.2 Å². The fourth-order valence-electron chi connectivity index (χ4n) is 3.55. The smallest absolute Gasteiger partial charge is 0.356 e. The minimum absolute atomic E-state index is 0.0155. The maximum atomic E-state index is 13.1. The summed E-state index contributed by atoms with van der Waals surface area (Å²) in [6, 6.07) is 6.80. The molecule has 3 rings (SSSR count). The molecule has 1 atom stereocenters. The van der Waals surface area contributed by atoms with Gasteiger partial charge in [0.25, 0.3) is 0 Å². The first-order chi connectivity index (χ1) is 15.3. The lowest BCUT2D eigenvalue weighted by Gasteiger charge is -2.22. The maximum absolute atomic E-state index is 13.1. The molecule has 0 radical (unpaired) electrons. The summed E-state index contributed by atoms with van der Waals surface area (Å²) in [5.74, 6) is -0.760. The molecule has 0 saturated carbocycles. The first-order valence-electron chi connectivity index (χ1n) is 10.2. The molecule has 7 nitrogen and oxygen atoms in total. The third kappa shape index (κ3) is 6.50. The van der Waals surface area contributed by atoms with E-state index in [2.05, 4.69) is 15.0 Å². The van der Waals surface area contributed by atoms with Crippen LogP contribution in [0.4, 0.5) is 24.7 Å². The Bertz CT molecular complexity index is 1140. The van der Waals surface area contributed by atoms with Crippen molar-refractivity contribution in [2.75, 3.05) is 29.0 Å². The molecule has 1 aliphatic rings. The van der Waals surface area contributed by atoms with Crippen LogP contribution < -0.4 is 14.9 Å². The van der Waals surface area contributed by atoms with Gasteiger partial charge in [0.1, 0.15) is 11.5 Å². The molecule has 1 aromatic carbocycles. The van der Waals surface area contributed by atoms with Gasteiger partial charge in [-0.15, -0.1) is 0 Å². The maximum Gasteiger partial charge on any atom is 0.433 e. The molecule has 33 heavy (non-hydrogen) atoms. The Morgan fingerprint density at radius 3 is 2.45 bits per heavy atom. The first-order valence-corrected chi connectivity index (χ1v) is 12.5. The normalized spacial score (nSPS) is 15.4. The quantitative estimate of drug-likeness (QED) is 0.591. The van der Waals surface area contributed by atoms with E-state index in [9.17, 15) is 26.4 Å². The molecule has 12 heteroatoms. The monoisotopic (exact) mass is 504 g/mol. The van der Waals surface area contributed by atoms with E-state index in [1.807, 2.05) is 0 Å². The van der Waals surface area contributed by atoms with Gasteiger partial charge in [0.2, 0.25) is 15.9 Å². The predicted octanol–water partition coefficient (Wildman–Crippen LogP) is 4.15. The lowest BCUT2D eigenvalue weighted by molar-refractivity contribution is -0.141. The molecule has 1 aliphatic heterocycles. The fraction of sp³-hybridized carbons (Fsp3) is 0.429. The Morgan fingerprint density at radius 2 is 1.88 bits per heavy atom. The lowest BCUT2D eigenvalue weighted by Crippen LogP contribution is -2.29. The van der Waals surface area contributed by atoms with E-state index in [4.69, 9.17) is 11.6 Å². The van der Waals surface area contributed by atoms with Gasteiger partial charge in [-0.1, -0.05) is 23.7 Å². The summed E-state index contributed by atoms with van der Waals surface area (Å²) >= 11 is 6.14. The Hall–Kier alpha value is -2.53. The van der Waals surface area contributed by atoms with Crippen LogP contribution in [0, 0.1) is 0 Å². The number of carbonyl (C=O) groups excluding carboxylic acids is 1. The van der Waals surface area contributed by atoms with Gasteiger partial charge in [-0.3, -0.25) is 9.52 Å². The van der Waals surface area contributed by atoms with Crippen molar-refractivity contribution in [3.05, 3.63) is 52.2 Å². The van der Waals surface area contributed by atoms with Crippen molar-refractivity contribution < 1.29 is 26.4 Å². The Morgan fingerprint density at radius 1 is 1.21 bits per heavy atom. The third-order valence-electron chi connectivity index (χ3n) is 5.29. The van der Waals surface area contributed by atoms with Gasteiger partial charge in [0.15, 0.2) is 0 Å². The van der Waals surface area contributed by atoms with E-state index < -0.39 is 27.8 Å². The zero-order valence-electron chi connectivity index (χ0n) is 18.0. The van der Waals surface area contributed by atoms with Crippen molar-refractivity contribution in [2.24, 2.45) is 0 Å². The van der Waals surface area contributed by atoms with Crippen LogP contribution in [0.3, 0.4) is 0 Å². The summed E-state index contributed by atoms with van der Waals surface area (Å²) in [6.07, 6.45) is -1.82. The van der Waals surface area contributed by atoms with Gasteiger partial charge >= 0.3 is 6.18 Å². The molecule has 0 bridgehead atoms. The average Bonchev–Trinajstić information content (AvgIpc) is 3.26. The number of amides is 1. The van der Waals surface area contributed by atoms with Crippen LogP contribution in [0.2, 0.25) is 5.02 Å². The largest absolute Gasteiger partial charge is 0.433 e. The van der Waals surface area contributed by atoms with Gasteiger partial charge in [0.05, 0.1) is 22.9 Å². The molecule has 0 spiro atoms. The molecule has 180 valence electrons. The SMILES string of the molecule is CC(C(=O)NCc1ccc(C(F)(F)F)nc1N1CCCC1)c1ccc(NS(C)(=O)=O)c(Cl)c1. The van der Waals surface area contributed by atoms with Crippen LogP contribution in [-0.4, -0.2) is 38.7 Å². The molecule has 2 N–H and O–H groups in total. The molecule has 1 unspecified atom stereocenters. The van der Waals surface area contributed by atoms with Crippen LogP contribution >= 0.6 is 11.6 Å². The van der Waals surface area contributed by atoms with Crippen LogP contribution in [-0.2, 0) is 27.5 Å². The fourth-order valence-corrected chi connectivity index (χ4v) is 4.42. The summed E-state index contributed by atoms with van der Waals surface area (Å²) < 4.78 is 64.5. The minimum Gasteiger partial charge on any atom is -0.356 e. The van der Waals surface area contributed by atoms with Crippen molar-refractivity contribution in [1.29, 1.82) is 0 Å². The van der Waals surface area contributed by atoms with Gasteiger partial charge < -0.3 is 10.2 Å². The number of hydrogen-bond acceptors (Lipinski definition) is 5. The summed E-state index contributed by atoms with van der Waals surface area (Å²) in [5, 5.41) is 2.89. The molecule has 1 saturated heterocycles. The number of nitrogens with zero attached hydrogens (tertiary/aromatic N) is 2. The topological polar surface area (TPSA) is 91.4 Å². The number of aromatic nitrogens is 1. The predicted molar refractivity (Wildman–Crippen MR) is 121 cm³/mol. The van der Waals surface area contributed by atoms with Crippen molar-refractivity contribution in [3.63, 3.8) is 0 Å². The van der Waals surface area contributed by atoms with Crippen LogP contribution in [0.5, 0.6) is 0 Å². The lowest BCUT2D eigenvalue weighted by atomic mass is 10.00. The van der Waals surface area contributed by atoms with E-state index in [1.165, 1.54) is 18.2 Å². The van der Waals surface area contributed by atoms with Gasteiger partial charge in [-0.05, 0) is 43.5 Å². The molecule has 2 heterocycles. The highest BCUT2D eigenvalue weighted by molar-refractivity contribution is 7.92. The zero-order valence-corrected chi connectivity index (χ0v) is 19.6. The summed E-state index contributed by atoms with van der Waals surface area (Å²) in [7, 11) is -3.51. The molecule has 1 fully saturated rings. The third-order valence-corrected chi connectivity index (χ3v) is 6.19. The highest BCUT2D eigenvalue weighted by Crippen LogP contribution is 2.32. The molecule has 1 amide bonds. The Balaban J connectivity index is 1.74. The van der Waals surface area contributed by atoms with E-state index in [-0.39, 0.29) is 29.0 Å². The Kier molecular flexibility index (Phi) is 7.42. The number of sulfonamides is 1. The highest BCUT2D eigenvalue weighted by Gasteiger charge is 2.34. The van der Waals surface area contributed by atoms with Gasteiger partial charge in [0, 0.05) is 25.2 Å². The van der Waals surface area contributed by atoms with E-state index in [1.54, 1.807) is 17.9 Å². The number of halogens is 4. The summed E-state index contributed by atoms with van der Waals surface area (Å²) in [6.45, 7) is 2.88. The number of alkyl halides is 3. The number of nitrogens with one attached hydrogen (secondary N) is 2. The summed E-state index contributed by atoms with van der Waals surface area (Å²) in [4.78, 5) is 18.4. The van der Waals surface area contributed by atoms with Crippen molar-refractivity contribution >= 4 is 39.0 Å². The van der Waals surface area contributed by atoms with E-state index in [0.717, 1.165) is 25.2 Å². The second-order valence-electron chi connectivity index (χ2n) is 7.92. The van der Waals surface area contributed by atoms with Gasteiger partial charge in [-0.25, -0.2) is 13.4 Å². The highest BCUT2D eigenvalue weighted by atomic mass is 35.5. The Labute approximate surface area is 195 Å². The number of carbonyl (C=O) groups is 1. The minimum atomic E-state index is -4.55. The molecule has 2 aromatic rings. The second kappa shape index (κ2) is 9.76. The van der Waals surface area contributed by atoms with E-state index >= 15 is 0 Å². The number of rotatable bonds is 7. The standard InChI is InChI=1S/C21H24ClF3N4O3S/c1-13(14-5-7-17(16(22)11-14)28-33(2,31)32)20(30)26-12-15-6-8-18(21(23,24)25)27-19(15)29-9-3-4-10-29/h5-8,11,13,28H,3-4,9-10,12H2,1-2H3,(H,26,30). The number of hydrogen-bond donors (Lipinski definition) is 2. The molecule has 1 aromatic heterocycles. The number of pyridine rings is 1. The number of benzene rings is 1. The summed E-state index contributed by atoms with van der Waals surface area (Å²) in [5.41, 5.74) is 0.282. The second-order valence-corrected chi connectivity index (χ2v) is 10.1.